The van der Waals surface area contributed by atoms with E-state index in [2.05, 4.69) is 10.3 Å². The van der Waals surface area contributed by atoms with Gasteiger partial charge in [0.15, 0.2) is 12.7 Å². The number of benzene rings is 1. The quantitative estimate of drug-likeness (QED) is 0.744. The van der Waals surface area contributed by atoms with E-state index >= 15 is 0 Å². The number of carbonyl (C=O) groups excluding carboxylic acids is 2. The van der Waals surface area contributed by atoms with Crippen molar-refractivity contribution in [3.05, 3.63) is 29.3 Å². The lowest BCUT2D eigenvalue weighted by Gasteiger charge is -2.14. The van der Waals surface area contributed by atoms with Gasteiger partial charge in [-0.15, -0.1) is 0 Å². The number of ether oxygens (including phenoxy) is 1. The zero-order valence-electron chi connectivity index (χ0n) is 9.68. The van der Waals surface area contributed by atoms with E-state index in [1.165, 1.54) is 6.92 Å². The molecular formula is C11H13ClN2O4. The van der Waals surface area contributed by atoms with E-state index in [1.54, 1.807) is 24.3 Å². The minimum absolute atomic E-state index is 0.389. The second-order valence-electron chi connectivity index (χ2n) is 3.44. The summed E-state index contributed by atoms with van der Waals surface area (Å²) in [6.45, 7) is 1.15. The van der Waals surface area contributed by atoms with Crippen LogP contribution >= 0.6 is 11.6 Å². The Morgan fingerprint density at radius 3 is 2.56 bits per heavy atom. The van der Waals surface area contributed by atoms with E-state index < -0.39 is 17.9 Å². The first-order chi connectivity index (χ1) is 8.49. The summed E-state index contributed by atoms with van der Waals surface area (Å²) in [7, 11) is 0. The average molecular weight is 273 g/mol. The second kappa shape index (κ2) is 6.83. The minimum Gasteiger partial charge on any atom is -0.481 e. The molecule has 0 bridgehead atoms. The minimum atomic E-state index is -0.779. The number of hydrogen-bond donors (Lipinski definition) is 2. The van der Waals surface area contributed by atoms with E-state index in [-0.39, 0.29) is 6.61 Å². The number of nitrogens with one attached hydrogen (secondary N) is 1. The van der Waals surface area contributed by atoms with E-state index in [1.807, 2.05) is 0 Å². The number of nitrogens with two attached hydrogens (primary N) is 1. The van der Waals surface area contributed by atoms with Crippen LogP contribution in [-0.4, -0.2) is 24.5 Å². The largest absolute Gasteiger partial charge is 0.481 e. The summed E-state index contributed by atoms with van der Waals surface area (Å²) in [6.07, 6.45) is -0.779. The lowest BCUT2D eigenvalue weighted by atomic mass is 10.3. The molecule has 0 aliphatic carbocycles. The van der Waals surface area contributed by atoms with E-state index in [4.69, 9.17) is 22.1 Å². The molecule has 0 spiro atoms. The van der Waals surface area contributed by atoms with Gasteiger partial charge in [0.05, 0.1) is 0 Å². The van der Waals surface area contributed by atoms with Crippen molar-refractivity contribution in [1.29, 1.82) is 0 Å². The van der Waals surface area contributed by atoms with Crippen LogP contribution in [0.3, 0.4) is 0 Å². The predicted octanol–water partition coefficient (Wildman–Crippen LogP) is 0.640. The van der Waals surface area contributed by atoms with E-state index in [9.17, 15) is 9.59 Å². The van der Waals surface area contributed by atoms with Gasteiger partial charge in [0.2, 0.25) is 5.91 Å². The fourth-order valence-electron chi connectivity index (χ4n) is 1.03. The van der Waals surface area contributed by atoms with Gasteiger partial charge in [-0.25, -0.2) is 5.48 Å². The molecule has 2 amide bonds. The zero-order chi connectivity index (χ0) is 13.5. The Kier molecular flexibility index (Phi) is 5.41. The highest BCUT2D eigenvalue weighted by Crippen LogP contribution is 2.16. The van der Waals surface area contributed by atoms with Crippen molar-refractivity contribution in [3.63, 3.8) is 0 Å². The summed E-state index contributed by atoms with van der Waals surface area (Å²) in [4.78, 5) is 26.4. The smallest absolute Gasteiger partial charge is 0.284 e. The van der Waals surface area contributed by atoms with Gasteiger partial charge in [0.25, 0.3) is 5.91 Å². The number of carbonyl (C=O) groups is 2. The van der Waals surface area contributed by atoms with Crippen molar-refractivity contribution in [2.45, 2.75) is 13.0 Å². The third-order valence-corrected chi connectivity index (χ3v) is 2.13. The molecule has 1 aromatic carbocycles. The molecule has 0 radical (unpaired) electrons. The highest BCUT2D eigenvalue weighted by Gasteiger charge is 2.14. The van der Waals surface area contributed by atoms with Crippen molar-refractivity contribution in [3.8, 4) is 5.75 Å². The van der Waals surface area contributed by atoms with Crippen LogP contribution in [0, 0.1) is 0 Å². The lowest BCUT2D eigenvalue weighted by molar-refractivity contribution is -0.143. The van der Waals surface area contributed by atoms with Gasteiger partial charge >= 0.3 is 0 Å². The van der Waals surface area contributed by atoms with E-state index in [0.29, 0.717) is 10.8 Å². The summed E-state index contributed by atoms with van der Waals surface area (Å²) in [6, 6.07) is 6.56. The molecule has 1 atom stereocenters. The molecule has 0 aliphatic rings. The van der Waals surface area contributed by atoms with Gasteiger partial charge in [-0.2, -0.15) is 0 Å². The zero-order valence-corrected chi connectivity index (χ0v) is 10.4. The van der Waals surface area contributed by atoms with Crippen molar-refractivity contribution < 1.29 is 19.2 Å². The Bertz CT molecular complexity index is 422. The molecule has 0 heterocycles. The average Bonchev–Trinajstić information content (AvgIpc) is 2.31. The van der Waals surface area contributed by atoms with E-state index in [0.717, 1.165) is 0 Å². The summed E-state index contributed by atoms with van der Waals surface area (Å²) in [5.41, 5.74) is 6.89. The number of hydroxylamine groups is 1. The van der Waals surface area contributed by atoms with Gasteiger partial charge in [0, 0.05) is 5.02 Å². The second-order valence-corrected chi connectivity index (χ2v) is 3.87. The first kappa shape index (κ1) is 14.3. The number of primary amides is 1. The van der Waals surface area contributed by atoms with Crippen LogP contribution in [0.2, 0.25) is 5.02 Å². The highest BCUT2D eigenvalue weighted by atomic mass is 35.5. The summed E-state index contributed by atoms with van der Waals surface area (Å²) in [5, 5.41) is 0.573. The maximum absolute atomic E-state index is 11.5. The van der Waals surface area contributed by atoms with Gasteiger partial charge in [0.1, 0.15) is 5.75 Å². The molecule has 7 heteroatoms. The molecule has 0 saturated carbocycles. The van der Waals surface area contributed by atoms with Crippen LogP contribution in [0.4, 0.5) is 0 Å². The Morgan fingerprint density at radius 1 is 1.39 bits per heavy atom. The van der Waals surface area contributed by atoms with Crippen molar-refractivity contribution in [1.82, 2.24) is 5.48 Å². The molecule has 0 aromatic heterocycles. The Hall–Kier alpha value is -1.79. The molecule has 0 aliphatic heterocycles. The van der Waals surface area contributed by atoms with Gasteiger partial charge < -0.3 is 10.5 Å². The predicted molar refractivity (Wildman–Crippen MR) is 64.8 cm³/mol. The van der Waals surface area contributed by atoms with Crippen LogP contribution in [-0.2, 0) is 14.4 Å². The Balaban J connectivity index is 2.39. The molecule has 1 rings (SSSR count). The maximum atomic E-state index is 11.5. The molecule has 1 unspecified atom stereocenters. The number of halogens is 1. The van der Waals surface area contributed by atoms with Gasteiger partial charge in [-0.05, 0) is 31.2 Å². The van der Waals surface area contributed by atoms with Crippen LogP contribution in [0.1, 0.15) is 6.92 Å². The van der Waals surface area contributed by atoms with Gasteiger partial charge in [-0.1, -0.05) is 11.6 Å². The molecule has 0 saturated heterocycles. The Morgan fingerprint density at radius 2 is 2.00 bits per heavy atom. The molecule has 98 valence electrons. The van der Waals surface area contributed by atoms with Gasteiger partial charge in [-0.3, -0.25) is 14.4 Å². The van der Waals surface area contributed by atoms with Crippen LogP contribution < -0.4 is 16.0 Å². The molecule has 0 fully saturated rings. The van der Waals surface area contributed by atoms with Crippen molar-refractivity contribution >= 4 is 23.4 Å². The summed E-state index contributed by atoms with van der Waals surface area (Å²) >= 11 is 5.71. The molecular weight excluding hydrogens is 260 g/mol. The molecule has 6 nitrogen and oxygen atoms in total. The first-order valence-corrected chi connectivity index (χ1v) is 5.49. The third kappa shape index (κ3) is 5.03. The van der Waals surface area contributed by atoms with Crippen LogP contribution in [0.25, 0.3) is 0 Å². The molecule has 18 heavy (non-hydrogen) atoms. The summed E-state index contributed by atoms with van der Waals surface area (Å²) in [5.74, 6) is -0.704. The number of rotatable bonds is 6. The topological polar surface area (TPSA) is 90.7 Å². The fraction of sp³-hybridized carbons (Fsp3) is 0.273. The van der Waals surface area contributed by atoms with Crippen LogP contribution in [0.5, 0.6) is 5.75 Å². The van der Waals surface area contributed by atoms with Crippen LogP contribution in [0.15, 0.2) is 24.3 Å². The van der Waals surface area contributed by atoms with Crippen molar-refractivity contribution in [2.75, 3.05) is 6.61 Å². The first-order valence-electron chi connectivity index (χ1n) is 5.11. The van der Waals surface area contributed by atoms with Crippen molar-refractivity contribution in [2.24, 2.45) is 5.73 Å². The summed E-state index contributed by atoms with van der Waals surface area (Å²) < 4.78 is 5.32. The number of hydrogen-bond acceptors (Lipinski definition) is 4. The fourth-order valence-corrected chi connectivity index (χ4v) is 1.16. The standard InChI is InChI=1S/C11H13ClN2O4/c1-7(11(16)14-17-6-10(13)15)18-9-4-2-8(12)3-5-9/h2-5,7H,6H2,1H3,(H2,13,15)(H,14,16). The SMILES string of the molecule is CC(Oc1ccc(Cl)cc1)C(=O)NOCC(N)=O. The monoisotopic (exact) mass is 272 g/mol. The normalized spacial score (nSPS) is 11.7. The third-order valence-electron chi connectivity index (χ3n) is 1.88. The Labute approximate surface area is 109 Å². The lowest BCUT2D eigenvalue weighted by Crippen LogP contribution is -2.38. The molecule has 3 N–H and O–H groups in total. The maximum Gasteiger partial charge on any atom is 0.284 e. The molecule has 1 aromatic rings. The highest BCUT2D eigenvalue weighted by molar-refractivity contribution is 6.30. The number of amides is 2.